The summed E-state index contributed by atoms with van der Waals surface area (Å²) in [5.74, 6) is -1.11. The predicted octanol–water partition coefficient (Wildman–Crippen LogP) is 4.00. The Balaban J connectivity index is 1.15. The summed E-state index contributed by atoms with van der Waals surface area (Å²) in [7, 11) is -4.13. The van der Waals surface area contributed by atoms with Crippen LogP contribution < -0.4 is 10.6 Å². The van der Waals surface area contributed by atoms with Crippen molar-refractivity contribution in [3.05, 3.63) is 46.7 Å². The van der Waals surface area contributed by atoms with Gasteiger partial charge in [0.15, 0.2) is 0 Å². The van der Waals surface area contributed by atoms with Gasteiger partial charge < -0.3 is 25.2 Å². The number of nitrogens with zero attached hydrogens (tertiary/aromatic N) is 5. The van der Waals surface area contributed by atoms with Crippen molar-refractivity contribution in [2.45, 2.75) is 81.9 Å². The number of piperidine rings is 1. The largest absolute Gasteiger partial charge is 0.480 e. The monoisotopic (exact) mass is 707 g/mol. The highest BCUT2D eigenvalue weighted by Gasteiger charge is 2.41. The Labute approximate surface area is 283 Å². The minimum atomic E-state index is -4.13. The number of fused-ring (bicyclic) bond motifs is 1. The van der Waals surface area contributed by atoms with Crippen molar-refractivity contribution in [1.82, 2.24) is 29.1 Å². The summed E-state index contributed by atoms with van der Waals surface area (Å²) >= 11 is 12.0. The van der Waals surface area contributed by atoms with Crippen LogP contribution in [0.1, 0.15) is 52.4 Å². The summed E-state index contributed by atoms with van der Waals surface area (Å²) in [5.41, 5.74) is 1.81. The fourth-order valence-electron chi connectivity index (χ4n) is 6.21. The first kappa shape index (κ1) is 34.9. The number of carboxylic acids is 1. The number of carbonyl (C=O) groups excluding carboxylic acids is 2. The molecule has 3 N–H and O–H groups in total. The van der Waals surface area contributed by atoms with Gasteiger partial charge in [-0.3, -0.25) is 14.6 Å². The molecule has 2 fully saturated rings. The Morgan fingerprint density at radius 3 is 2.43 bits per heavy atom. The van der Waals surface area contributed by atoms with Crippen molar-refractivity contribution < 1.29 is 27.9 Å². The van der Waals surface area contributed by atoms with E-state index >= 15 is 0 Å². The number of hydrogen-bond acceptors (Lipinski definition) is 8. The Hall–Kier alpha value is -3.46. The van der Waals surface area contributed by atoms with Crippen molar-refractivity contribution in [1.29, 1.82) is 0 Å². The van der Waals surface area contributed by atoms with Gasteiger partial charge in [0.1, 0.15) is 17.6 Å². The number of aromatic nitrogens is 3. The fourth-order valence-corrected chi connectivity index (χ4v) is 8.60. The summed E-state index contributed by atoms with van der Waals surface area (Å²) in [6, 6.07) is 3.60. The second-order valence-corrected chi connectivity index (χ2v) is 15.1. The quantitative estimate of drug-likeness (QED) is 0.252. The molecular formula is C31H39Cl2N7O6S. The predicted molar refractivity (Wildman–Crippen MR) is 178 cm³/mol. The maximum absolute atomic E-state index is 13.3. The summed E-state index contributed by atoms with van der Waals surface area (Å²) in [5, 5.41) is 16.0. The van der Waals surface area contributed by atoms with Gasteiger partial charge in [0.05, 0.1) is 16.6 Å². The van der Waals surface area contributed by atoms with Gasteiger partial charge >= 0.3 is 5.97 Å². The van der Waals surface area contributed by atoms with Crippen LogP contribution in [0.25, 0.3) is 11.0 Å². The topological polar surface area (TPSA) is 167 Å². The van der Waals surface area contributed by atoms with Gasteiger partial charge in [-0.2, -0.15) is 4.31 Å². The molecule has 3 aromatic rings. The highest BCUT2D eigenvalue weighted by atomic mass is 35.5. The first-order chi connectivity index (χ1) is 22.3. The number of anilines is 1. The third-order valence-electron chi connectivity index (χ3n) is 8.59. The standard InChI is InChI=1S/C31H39Cl2N7O6S/c1-19(2)35-31-37-25-17-34-10-7-26(25)39(31)18-20-8-12-38(13-9-20)28(41)6-5-24(30(43)44)36-29(42)27-4-3-11-40(27)47(45,46)23-15-21(32)14-22(33)16-23/h7,10,14-17,19-20,24,27H,3-6,8-9,11-13,18H2,1-2H3,(H,35,37)(H,36,42)(H,43,44)/t24-,27-/m0/s1. The molecule has 0 radical (unpaired) electrons. The molecule has 2 amide bonds. The molecule has 0 saturated carbocycles. The number of aliphatic carboxylic acids is 1. The van der Waals surface area contributed by atoms with Gasteiger partial charge in [-0.1, -0.05) is 23.2 Å². The summed E-state index contributed by atoms with van der Waals surface area (Å²) < 4.78 is 29.9. The molecule has 2 aromatic heterocycles. The normalized spacial score (nSPS) is 18.5. The number of amides is 2. The molecule has 2 aliphatic heterocycles. The van der Waals surface area contributed by atoms with E-state index in [1.807, 2.05) is 6.07 Å². The van der Waals surface area contributed by atoms with E-state index in [1.165, 1.54) is 18.2 Å². The molecule has 2 atom stereocenters. The van der Waals surface area contributed by atoms with Crippen LogP contribution in [0.15, 0.2) is 41.6 Å². The van der Waals surface area contributed by atoms with Gasteiger partial charge in [-0.25, -0.2) is 18.2 Å². The van der Waals surface area contributed by atoms with Crippen LogP contribution in [0.3, 0.4) is 0 Å². The van der Waals surface area contributed by atoms with Crippen LogP contribution in [0.2, 0.25) is 10.0 Å². The number of halogens is 2. The van der Waals surface area contributed by atoms with Gasteiger partial charge in [0.25, 0.3) is 0 Å². The number of benzene rings is 1. The zero-order chi connectivity index (χ0) is 33.9. The van der Waals surface area contributed by atoms with Crippen molar-refractivity contribution >= 4 is 68.0 Å². The number of carbonyl (C=O) groups is 3. The summed E-state index contributed by atoms with van der Waals surface area (Å²) in [6.07, 6.45) is 5.49. The Kier molecular flexibility index (Phi) is 10.9. The lowest BCUT2D eigenvalue weighted by molar-refractivity contribution is -0.143. The maximum atomic E-state index is 13.3. The minimum absolute atomic E-state index is 0.0722. The Bertz CT molecular complexity index is 1720. The lowest BCUT2D eigenvalue weighted by atomic mass is 9.96. The molecule has 13 nitrogen and oxygen atoms in total. The number of hydrogen-bond donors (Lipinski definition) is 3. The number of nitrogens with one attached hydrogen (secondary N) is 2. The number of imidazole rings is 1. The number of likely N-dealkylation sites (tertiary alicyclic amines) is 1. The molecule has 0 unspecified atom stereocenters. The number of carboxylic acid groups (broad SMARTS) is 1. The van der Waals surface area contributed by atoms with Gasteiger partial charge in [-0.15, -0.1) is 0 Å². The molecule has 0 spiro atoms. The van der Waals surface area contributed by atoms with Crippen LogP contribution in [-0.4, -0.2) is 92.8 Å². The molecule has 5 rings (SSSR count). The molecule has 4 heterocycles. The van der Waals surface area contributed by atoms with Gasteiger partial charge in [0.2, 0.25) is 27.8 Å². The molecule has 254 valence electrons. The number of sulfonamides is 1. The van der Waals surface area contributed by atoms with Crippen LogP contribution in [0.5, 0.6) is 0 Å². The zero-order valence-electron chi connectivity index (χ0n) is 26.2. The maximum Gasteiger partial charge on any atom is 0.326 e. The van der Waals surface area contributed by atoms with Crippen LogP contribution in [0, 0.1) is 5.92 Å². The van der Waals surface area contributed by atoms with E-state index < -0.39 is 34.0 Å². The van der Waals surface area contributed by atoms with Crippen LogP contribution in [0.4, 0.5) is 5.95 Å². The third-order valence-corrected chi connectivity index (χ3v) is 10.9. The van der Waals surface area contributed by atoms with Crippen molar-refractivity contribution in [2.24, 2.45) is 5.92 Å². The highest BCUT2D eigenvalue weighted by Crippen LogP contribution is 2.30. The van der Waals surface area contributed by atoms with Crippen LogP contribution >= 0.6 is 23.2 Å². The lowest BCUT2D eigenvalue weighted by Crippen LogP contribution is -2.51. The lowest BCUT2D eigenvalue weighted by Gasteiger charge is -2.33. The van der Waals surface area contributed by atoms with E-state index in [1.54, 1.807) is 17.3 Å². The molecule has 0 aliphatic carbocycles. The van der Waals surface area contributed by atoms with Crippen molar-refractivity contribution in [2.75, 3.05) is 25.0 Å². The zero-order valence-corrected chi connectivity index (χ0v) is 28.6. The number of rotatable bonds is 12. The second kappa shape index (κ2) is 14.8. The molecular weight excluding hydrogens is 669 g/mol. The molecule has 2 saturated heterocycles. The average Bonchev–Trinajstić information content (AvgIpc) is 3.64. The molecule has 2 aliphatic rings. The Morgan fingerprint density at radius 1 is 1.06 bits per heavy atom. The molecule has 0 bridgehead atoms. The number of pyridine rings is 1. The van der Waals surface area contributed by atoms with Crippen molar-refractivity contribution in [3.63, 3.8) is 0 Å². The Morgan fingerprint density at radius 2 is 1.77 bits per heavy atom. The SMILES string of the molecule is CC(C)Nc1nc2cnccc2n1CC1CCN(C(=O)CC[C@H](NC(=O)[C@@H]2CCCN2S(=O)(=O)c2cc(Cl)cc(Cl)c2)C(=O)O)CC1. The van der Waals surface area contributed by atoms with Gasteiger partial charge in [-0.05, 0) is 76.1 Å². The summed E-state index contributed by atoms with van der Waals surface area (Å²) in [4.78, 5) is 48.9. The van der Waals surface area contributed by atoms with E-state index in [0.29, 0.717) is 25.4 Å². The average molecular weight is 709 g/mol. The highest BCUT2D eigenvalue weighted by molar-refractivity contribution is 7.89. The molecule has 1 aromatic carbocycles. The van der Waals surface area contributed by atoms with E-state index in [2.05, 4.69) is 34.0 Å². The van der Waals surface area contributed by atoms with E-state index in [9.17, 15) is 27.9 Å². The van der Waals surface area contributed by atoms with E-state index in [0.717, 1.165) is 40.7 Å². The van der Waals surface area contributed by atoms with Crippen LogP contribution in [-0.2, 0) is 31.0 Å². The fraction of sp³-hybridized carbons (Fsp3) is 0.516. The van der Waals surface area contributed by atoms with Gasteiger partial charge in [0, 0.05) is 54.9 Å². The first-order valence-corrected chi connectivity index (χ1v) is 17.9. The second-order valence-electron chi connectivity index (χ2n) is 12.4. The third kappa shape index (κ3) is 8.16. The first-order valence-electron chi connectivity index (χ1n) is 15.7. The van der Waals surface area contributed by atoms with Crippen molar-refractivity contribution in [3.8, 4) is 0 Å². The minimum Gasteiger partial charge on any atom is -0.480 e. The summed E-state index contributed by atoms with van der Waals surface area (Å²) in [6.45, 7) is 6.01. The smallest absolute Gasteiger partial charge is 0.326 e. The van der Waals surface area contributed by atoms with E-state index in [-0.39, 0.29) is 52.7 Å². The molecule has 16 heteroatoms. The van der Waals surface area contributed by atoms with E-state index in [4.69, 9.17) is 28.2 Å². The molecule has 47 heavy (non-hydrogen) atoms.